The number of benzene rings is 3. The minimum atomic E-state index is -4.42. The van der Waals surface area contributed by atoms with Crippen LogP contribution in [0.1, 0.15) is 11.1 Å². The summed E-state index contributed by atoms with van der Waals surface area (Å²) in [6, 6.07) is 19.3. The SMILES string of the molecule is O=C(/C=C/c1cccc(C(F)(F)F)c1)N1CCN(c2nc(-c3ccc4ccccc4c3)no2)CC1. The van der Waals surface area contributed by atoms with Crippen LogP contribution in [0.15, 0.2) is 77.3 Å². The number of amides is 1. The Morgan fingerprint density at radius 3 is 2.46 bits per heavy atom. The molecule has 9 heteroatoms. The van der Waals surface area contributed by atoms with Crippen molar-refractivity contribution in [2.45, 2.75) is 6.18 Å². The van der Waals surface area contributed by atoms with Gasteiger partial charge < -0.3 is 14.3 Å². The maximum Gasteiger partial charge on any atom is 0.416 e. The topological polar surface area (TPSA) is 62.5 Å². The Bertz CT molecular complexity index is 1390. The Kier molecular flexibility index (Phi) is 5.98. The van der Waals surface area contributed by atoms with Crippen LogP contribution in [0.25, 0.3) is 28.2 Å². The van der Waals surface area contributed by atoms with Crippen molar-refractivity contribution in [3.63, 3.8) is 0 Å². The first-order valence-electron chi connectivity index (χ1n) is 11.1. The first-order valence-corrected chi connectivity index (χ1v) is 11.1. The number of carbonyl (C=O) groups is 1. The Balaban J connectivity index is 1.20. The summed E-state index contributed by atoms with van der Waals surface area (Å²) in [4.78, 5) is 20.6. The number of hydrogen-bond donors (Lipinski definition) is 0. The highest BCUT2D eigenvalue weighted by molar-refractivity contribution is 5.92. The Morgan fingerprint density at radius 2 is 1.69 bits per heavy atom. The lowest BCUT2D eigenvalue weighted by Gasteiger charge is -2.32. The van der Waals surface area contributed by atoms with Gasteiger partial charge in [0.05, 0.1) is 5.56 Å². The summed E-state index contributed by atoms with van der Waals surface area (Å²) in [6.07, 6.45) is -1.72. The molecule has 1 saturated heterocycles. The number of anilines is 1. The van der Waals surface area contributed by atoms with Crippen LogP contribution in [0.3, 0.4) is 0 Å². The smallest absolute Gasteiger partial charge is 0.336 e. The molecule has 1 amide bonds. The molecule has 3 aromatic carbocycles. The van der Waals surface area contributed by atoms with Crippen molar-refractivity contribution in [2.24, 2.45) is 0 Å². The molecule has 35 heavy (non-hydrogen) atoms. The van der Waals surface area contributed by atoms with E-state index in [2.05, 4.69) is 10.1 Å². The van der Waals surface area contributed by atoms with Crippen molar-refractivity contribution < 1.29 is 22.5 Å². The van der Waals surface area contributed by atoms with Crippen LogP contribution in [0.4, 0.5) is 19.2 Å². The molecule has 1 aliphatic rings. The maximum absolute atomic E-state index is 12.9. The second kappa shape index (κ2) is 9.25. The van der Waals surface area contributed by atoms with Gasteiger partial charge in [0.25, 0.3) is 0 Å². The van der Waals surface area contributed by atoms with E-state index in [-0.39, 0.29) is 5.91 Å². The van der Waals surface area contributed by atoms with E-state index in [0.29, 0.717) is 43.6 Å². The molecule has 5 rings (SSSR count). The first-order chi connectivity index (χ1) is 16.9. The van der Waals surface area contributed by atoms with E-state index >= 15 is 0 Å². The van der Waals surface area contributed by atoms with E-state index in [4.69, 9.17) is 4.52 Å². The quantitative estimate of drug-likeness (QED) is 0.374. The van der Waals surface area contributed by atoms with Gasteiger partial charge in [-0.25, -0.2) is 0 Å². The zero-order valence-electron chi connectivity index (χ0n) is 18.6. The summed E-state index contributed by atoms with van der Waals surface area (Å²) in [6.45, 7) is 1.86. The van der Waals surface area contributed by atoms with E-state index < -0.39 is 11.7 Å². The number of fused-ring (bicyclic) bond motifs is 1. The van der Waals surface area contributed by atoms with Crippen molar-refractivity contribution in [3.8, 4) is 11.4 Å². The number of rotatable bonds is 4. The fourth-order valence-electron chi connectivity index (χ4n) is 4.00. The van der Waals surface area contributed by atoms with Gasteiger partial charge in [0.15, 0.2) is 0 Å². The van der Waals surface area contributed by atoms with E-state index in [1.54, 1.807) is 4.90 Å². The molecular weight excluding hydrogens is 457 g/mol. The molecule has 0 radical (unpaired) electrons. The van der Waals surface area contributed by atoms with E-state index in [9.17, 15) is 18.0 Å². The maximum atomic E-state index is 12.9. The third kappa shape index (κ3) is 5.03. The predicted octanol–water partition coefficient (Wildman–Crippen LogP) is 5.27. The summed E-state index contributed by atoms with van der Waals surface area (Å²) >= 11 is 0. The van der Waals surface area contributed by atoms with Gasteiger partial charge in [-0.1, -0.05) is 53.7 Å². The van der Waals surface area contributed by atoms with Crippen LogP contribution in [0.2, 0.25) is 0 Å². The number of carbonyl (C=O) groups excluding carboxylic acids is 1. The third-order valence-electron chi connectivity index (χ3n) is 5.92. The molecule has 4 aromatic rings. The molecule has 1 fully saturated rings. The lowest BCUT2D eigenvalue weighted by molar-refractivity contribution is -0.137. The van der Waals surface area contributed by atoms with Gasteiger partial charge in [-0.3, -0.25) is 4.79 Å². The number of piperazine rings is 1. The Hall–Kier alpha value is -4.14. The van der Waals surface area contributed by atoms with Crippen molar-refractivity contribution in [2.75, 3.05) is 31.1 Å². The fourth-order valence-corrected chi connectivity index (χ4v) is 4.00. The highest BCUT2D eigenvalue weighted by atomic mass is 19.4. The minimum Gasteiger partial charge on any atom is -0.336 e. The molecule has 1 aromatic heterocycles. The molecule has 0 unspecified atom stereocenters. The number of halogens is 3. The summed E-state index contributed by atoms with van der Waals surface area (Å²) in [5, 5.41) is 6.32. The number of hydrogen-bond acceptors (Lipinski definition) is 5. The molecule has 0 bridgehead atoms. The van der Waals surface area contributed by atoms with Gasteiger partial charge >= 0.3 is 12.2 Å². The summed E-state index contributed by atoms with van der Waals surface area (Å²) < 4.78 is 44.1. The zero-order valence-corrected chi connectivity index (χ0v) is 18.6. The average molecular weight is 478 g/mol. The molecule has 1 aliphatic heterocycles. The number of aromatic nitrogens is 2. The van der Waals surface area contributed by atoms with Crippen LogP contribution >= 0.6 is 0 Å². The monoisotopic (exact) mass is 478 g/mol. The number of alkyl halides is 3. The van der Waals surface area contributed by atoms with Crippen LogP contribution in [0, 0.1) is 0 Å². The molecule has 0 atom stereocenters. The average Bonchev–Trinajstić information content (AvgIpc) is 3.37. The molecule has 6 nitrogen and oxygen atoms in total. The lowest BCUT2D eigenvalue weighted by atomic mass is 10.1. The lowest BCUT2D eigenvalue weighted by Crippen LogP contribution is -2.48. The molecule has 0 aliphatic carbocycles. The Labute approximate surface area is 199 Å². The van der Waals surface area contributed by atoms with Crippen molar-refractivity contribution in [1.82, 2.24) is 15.0 Å². The van der Waals surface area contributed by atoms with Gasteiger partial charge in [-0.15, -0.1) is 0 Å². The van der Waals surface area contributed by atoms with Crippen LogP contribution in [0.5, 0.6) is 0 Å². The largest absolute Gasteiger partial charge is 0.416 e. The summed E-state index contributed by atoms with van der Waals surface area (Å²) in [5.41, 5.74) is 0.425. The van der Waals surface area contributed by atoms with Crippen molar-refractivity contribution >= 4 is 28.8 Å². The second-order valence-electron chi connectivity index (χ2n) is 8.23. The highest BCUT2D eigenvalue weighted by Gasteiger charge is 2.30. The zero-order chi connectivity index (χ0) is 24.4. The van der Waals surface area contributed by atoms with Crippen LogP contribution in [-0.4, -0.2) is 47.1 Å². The number of nitrogens with zero attached hydrogens (tertiary/aromatic N) is 4. The van der Waals surface area contributed by atoms with E-state index in [0.717, 1.165) is 28.5 Å². The van der Waals surface area contributed by atoms with Crippen molar-refractivity contribution in [1.29, 1.82) is 0 Å². The molecule has 178 valence electrons. The van der Waals surface area contributed by atoms with E-state index in [1.165, 1.54) is 24.3 Å². The van der Waals surface area contributed by atoms with Gasteiger partial charge in [0, 0.05) is 37.8 Å². The minimum absolute atomic E-state index is 0.260. The van der Waals surface area contributed by atoms with Crippen LogP contribution < -0.4 is 4.90 Å². The van der Waals surface area contributed by atoms with E-state index in [1.807, 2.05) is 47.4 Å². The third-order valence-corrected chi connectivity index (χ3v) is 5.92. The van der Waals surface area contributed by atoms with Gasteiger partial charge in [0.1, 0.15) is 0 Å². The second-order valence-corrected chi connectivity index (χ2v) is 8.23. The Morgan fingerprint density at radius 1 is 0.914 bits per heavy atom. The van der Waals surface area contributed by atoms with Gasteiger partial charge in [0.2, 0.25) is 11.7 Å². The highest BCUT2D eigenvalue weighted by Crippen LogP contribution is 2.30. The van der Waals surface area contributed by atoms with Crippen molar-refractivity contribution in [3.05, 3.63) is 83.9 Å². The fraction of sp³-hybridized carbons (Fsp3) is 0.192. The standard InChI is InChI=1S/C26H21F3N4O2/c27-26(28,29)22-7-3-4-18(16-22)8-11-23(34)32-12-14-33(15-13-32)25-30-24(31-35-25)21-10-9-19-5-1-2-6-20(19)17-21/h1-11,16-17H,12-15H2/b11-8+. The van der Waals surface area contributed by atoms with Gasteiger partial charge in [-0.2, -0.15) is 18.2 Å². The molecule has 0 saturated carbocycles. The molecule has 0 N–H and O–H groups in total. The first kappa shape index (κ1) is 22.6. The summed E-state index contributed by atoms with van der Waals surface area (Å²) in [7, 11) is 0. The van der Waals surface area contributed by atoms with Crippen LogP contribution in [-0.2, 0) is 11.0 Å². The molecule has 2 heterocycles. The normalized spacial score (nSPS) is 14.7. The predicted molar refractivity (Wildman–Crippen MR) is 127 cm³/mol. The molecular formula is C26H21F3N4O2. The molecule has 0 spiro atoms. The summed E-state index contributed by atoms with van der Waals surface area (Å²) in [5.74, 6) is 0.234. The van der Waals surface area contributed by atoms with Gasteiger partial charge in [-0.05, 0) is 40.6 Å².